The van der Waals surface area contributed by atoms with Crippen molar-refractivity contribution in [3.8, 4) is 5.75 Å². The van der Waals surface area contributed by atoms with E-state index in [0.717, 1.165) is 12.8 Å². The summed E-state index contributed by atoms with van der Waals surface area (Å²) in [4.78, 5) is 33.1. The second-order valence-corrected chi connectivity index (χ2v) is 7.83. The molecular formula is C22H25N3O5. The maximum Gasteiger partial charge on any atom is 0.273 e. The first kappa shape index (κ1) is 20.0. The van der Waals surface area contributed by atoms with Gasteiger partial charge in [0.2, 0.25) is 0 Å². The minimum Gasteiger partial charge on any atom is -0.497 e. The molecule has 158 valence electrons. The zero-order valence-electron chi connectivity index (χ0n) is 17.4. The Balaban J connectivity index is 1.40. The van der Waals surface area contributed by atoms with Crippen LogP contribution in [0.15, 0.2) is 39.9 Å². The van der Waals surface area contributed by atoms with E-state index >= 15 is 0 Å². The van der Waals surface area contributed by atoms with Crippen LogP contribution in [0, 0.1) is 13.8 Å². The highest BCUT2D eigenvalue weighted by molar-refractivity contribution is 6.43. The first-order chi connectivity index (χ1) is 14.4. The van der Waals surface area contributed by atoms with Crippen LogP contribution in [0.3, 0.4) is 0 Å². The average molecular weight is 411 g/mol. The Bertz CT molecular complexity index is 995. The molecule has 4 rings (SSSR count). The summed E-state index contributed by atoms with van der Waals surface area (Å²) in [5.74, 6) is 1.65. The summed E-state index contributed by atoms with van der Waals surface area (Å²) in [5.41, 5.74) is 0.889. The number of amides is 2. The Morgan fingerprint density at radius 2 is 2.00 bits per heavy atom. The number of likely N-dealkylation sites (tertiary alicyclic amines) is 1. The van der Waals surface area contributed by atoms with E-state index in [4.69, 9.17) is 14.0 Å². The molecule has 0 aliphatic carbocycles. The van der Waals surface area contributed by atoms with Crippen molar-refractivity contribution in [2.24, 2.45) is 5.16 Å². The van der Waals surface area contributed by atoms with Crippen molar-refractivity contribution in [2.45, 2.75) is 38.7 Å². The van der Waals surface area contributed by atoms with E-state index in [1.54, 1.807) is 49.3 Å². The molecule has 1 N–H and O–H groups in total. The van der Waals surface area contributed by atoms with E-state index in [-0.39, 0.29) is 11.8 Å². The minimum absolute atomic E-state index is 0.0804. The Labute approximate surface area is 174 Å². The topological polar surface area (TPSA) is 93.4 Å². The minimum atomic E-state index is -0.660. The maximum absolute atomic E-state index is 13.0. The van der Waals surface area contributed by atoms with Gasteiger partial charge in [-0.1, -0.05) is 5.16 Å². The molecule has 1 atom stereocenters. The first-order valence-corrected chi connectivity index (χ1v) is 9.96. The third-order valence-electron chi connectivity index (χ3n) is 5.55. The Kier molecular flexibility index (Phi) is 5.24. The van der Waals surface area contributed by atoms with Crippen LogP contribution < -0.4 is 10.1 Å². The van der Waals surface area contributed by atoms with E-state index in [0.29, 0.717) is 53.7 Å². The van der Waals surface area contributed by atoms with E-state index in [9.17, 15) is 9.59 Å². The molecule has 2 amide bonds. The number of benzene rings is 1. The van der Waals surface area contributed by atoms with Gasteiger partial charge in [0.1, 0.15) is 23.0 Å². The molecule has 0 unspecified atom stereocenters. The van der Waals surface area contributed by atoms with Gasteiger partial charge in [-0.15, -0.1) is 0 Å². The summed E-state index contributed by atoms with van der Waals surface area (Å²) >= 11 is 0. The van der Waals surface area contributed by atoms with Crippen LogP contribution in [0.25, 0.3) is 0 Å². The molecule has 1 aromatic heterocycles. The van der Waals surface area contributed by atoms with Gasteiger partial charge in [0.15, 0.2) is 5.60 Å². The van der Waals surface area contributed by atoms with E-state index < -0.39 is 5.60 Å². The highest BCUT2D eigenvalue weighted by Gasteiger charge is 2.46. The highest BCUT2D eigenvalue weighted by atomic mass is 16.7. The predicted molar refractivity (Wildman–Crippen MR) is 111 cm³/mol. The van der Waals surface area contributed by atoms with Gasteiger partial charge in [-0.25, -0.2) is 0 Å². The average Bonchev–Trinajstić information content (AvgIpc) is 3.30. The summed E-state index contributed by atoms with van der Waals surface area (Å²) in [6, 6.07) is 8.83. The monoisotopic (exact) mass is 411 g/mol. The predicted octanol–water partition coefficient (Wildman–Crippen LogP) is 3.29. The lowest BCUT2D eigenvalue weighted by atomic mass is 9.87. The number of hydrogen-bond donors (Lipinski definition) is 1. The van der Waals surface area contributed by atoms with Gasteiger partial charge in [-0.05, 0) is 57.0 Å². The number of hydrogen-bond acceptors (Lipinski definition) is 6. The molecule has 8 heteroatoms. The van der Waals surface area contributed by atoms with Crippen molar-refractivity contribution in [3.05, 3.63) is 47.4 Å². The number of methoxy groups -OCH3 is 1. The van der Waals surface area contributed by atoms with Crippen molar-refractivity contribution in [1.29, 1.82) is 0 Å². The third kappa shape index (κ3) is 3.90. The number of aryl methyl sites for hydroxylation is 2. The second-order valence-electron chi connectivity index (χ2n) is 7.83. The summed E-state index contributed by atoms with van der Waals surface area (Å²) in [5, 5.41) is 6.88. The number of furan rings is 1. The summed E-state index contributed by atoms with van der Waals surface area (Å²) in [6.45, 7) is 4.64. The fraction of sp³-hybridized carbons (Fsp3) is 0.409. The van der Waals surface area contributed by atoms with Crippen LogP contribution >= 0.6 is 0 Å². The van der Waals surface area contributed by atoms with Gasteiger partial charge in [-0.3, -0.25) is 9.59 Å². The quantitative estimate of drug-likeness (QED) is 0.833. The van der Waals surface area contributed by atoms with E-state index in [2.05, 4.69) is 10.5 Å². The van der Waals surface area contributed by atoms with Gasteiger partial charge in [0, 0.05) is 18.7 Å². The number of carbonyl (C=O) groups is 2. The lowest BCUT2D eigenvalue weighted by Gasteiger charge is -2.38. The van der Waals surface area contributed by atoms with Crippen molar-refractivity contribution < 1.29 is 23.6 Å². The molecule has 2 aliphatic heterocycles. The number of oxime groups is 1. The van der Waals surface area contributed by atoms with Crippen LogP contribution in [-0.2, 0) is 9.63 Å². The number of nitrogens with zero attached hydrogens (tertiary/aromatic N) is 2. The molecule has 0 saturated carbocycles. The molecule has 0 radical (unpaired) electrons. The summed E-state index contributed by atoms with van der Waals surface area (Å²) in [7, 11) is 1.59. The van der Waals surface area contributed by atoms with Crippen LogP contribution in [-0.4, -0.2) is 48.2 Å². The van der Waals surface area contributed by atoms with Crippen LogP contribution in [0.1, 0.15) is 41.1 Å². The van der Waals surface area contributed by atoms with Gasteiger partial charge in [0.25, 0.3) is 11.8 Å². The molecule has 30 heavy (non-hydrogen) atoms. The fourth-order valence-electron chi connectivity index (χ4n) is 4.02. The van der Waals surface area contributed by atoms with Gasteiger partial charge >= 0.3 is 0 Å². The Morgan fingerprint density at radius 1 is 1.23 bits per heavy atom. The zero-order chi connectivity index (χ0) is 21.3. The van der Waals surface area contributed by atoms with Crippen LogP contribution in [0.4, 0.5) is 5.69 Å². The normalized spacial score (nSPS) is 20.6. The van der Waals surface area contributed by atoms with Crippen molar-refractivity contribution >= 4 is 23.2 Å². The first-order valence-electron chi connectivity index (χ1n) is 9.96. The SMILES string of the molecule is COc1ccc(NC(=O)C2=NO[C@@]3(CCCN(C(=O)c4cc(C)oc4C)C3)C2)cc1. The summed E-state index contributed by atoms with van der Waals surface area (Å²) < 4.78 is 10.6. The maximum atomic E-state index is 13.0. The lowest BCUT2D eigenvalue weighted by Crippen LogP contribution is -2.50. The van der Waals surface area contributed by atoms with E-state index in [1.165, 1.54) is 0 Å². The van der Waals surface area contributed by atoms with Crippen molar-refractivity contribution in [3.63, 3.8) is 0 Å². The highest BCUT2D eigenvalue weighted by Crippen LogP contribution is 2.34. The summed E-state index contributed by atoms with van der Waals surface area (Å²) in [6.07, 6.45) is 1.88. The Morgan fingerprint density at radius 3 is 2.67 bits per heavy atom. The van der Waals surface area contributed by atoms with Crippen LogP contribution in [0.5, 0.6) is 5.75 Å². The molecule has 0 bridgehead atoms. The van der Waals surface area contributed by atoms with Crippen molar-refractivity contribution in [2.75, 3.05) is 25.5 Å². The van der Waals surface area contributed by atoms with Crippen LogP contribution in [0.2, 0.25) is 0 Å². The molecule has 3 heterocycles. The van der Waals surface area contributed by atoms with Gasteiger partial charge < -0.3 is 24.2 Å². The number of ether oxygens (including phenoxy) is 1. The molecule has 8 nitrogen and oxygen atoms in total. The number of nitrogens with one attached hydrogen (secondary N) is 1. The second kappa shape index (κ2) is 7.85. The molecule has 2 aliphatic rings. The third-order valence-corrected chi connectivity index (χ3v) is 5.55. The zero-order valence-corrected chi connectivity index (χ0v) is 17.4. The molecule has 1 aromatic carbocycles. The molecule has 2 aromatic rings. The number of rotatable bonds is 4. The van der Waals surface area contributed by atoms with Gasteiger partial charge in [-0.2, -0.15) is 0 Å². The van der Waals surface area contributed by atoms with E-state index in [1.807, 2.05) is 6.92 Å². The lowest BCUT2D eigenvalue weighted by molar-refractivity contribution is -0.110. The van der Waals surface area contributed by atoms with Crippen molar-refractivity contribution in [1.82, 2.24) is 4.90 Å². The molecule has 1 saturated heterocycles. The number of piperidine rings is 1. The number of carbonyl (C=O) groups excluding carboxylic acids is 2. The largest absolute Gasteiger partial charge is 0.497 e. The molecular weight excluding hydrogens is 386 g/mol. The molecule has 1 fully saturated rings. The van der Waals surface area contributed by atoms with Gasteiger partial charge in [0.05, 0.1) is 19.2 Å². The molecule has 1 spiro atoms. The standard InChI is InChI=1S/C22H25N3O5/c1-14-11-18(15(2)29-14)21(27)25-10-4-9-22(13-25)12-19(24-30-22)20(26)23-16-5-7-17(28-3)8-6-16/h5-8,11H,4,9-10,12-13H2,1-3H3,(H,23,26)/t22-/m0/s1. The Hall–Kier alpha value is -3.29. The fourth-order valence-corrected chi connectivity index (χ4v) is 4.02. The number of anilines is 1. The smallest absolute Gasteiger partial charge is 0.273 e.